The third-order valence-electron chi connectivity index (χ3n) is 2.91. The first-order valence-electron chi connectivity index (χ1n) is 5.46. The average Bonchev–Trinajstić information content (AvgIpc) is 3.05. The lowest BCUT2D eigenvalue weighted by molar-refractivity contribution is -0.387. The molecule has 1 aromatic carbocycles. The van der Waals surface area contributed by atoms with Crippen LogP contribution >= 0.6 is 11.6 Å². The van der Waals surface area contributed by atoms with Crippen molar-refractivity contribution in [2.45, 2.75) is 23.3 Å². The summed E-state index contributed by atoms with van der Waals surface area (Å²) in [5.41, 5.74) is 4.70. The van der Waals surface area contributed by atoms with Gasteiger partial charge in [0.15, 0.2) is 4.90 Å². The molecular weight excluding hydrogens is 294 g/mol. The van der Waals surface area contributed by atoms with Gasteiger partial charge < -0.3 is 5.73 Å². The van der Waals surface area contributed by atoms with Gasteiger partial charge in [0.25, 0.3) is 5.69 Å². The molecule has 0 radical (unpaired) electrons. The van der Waals surface area contributed by atoms with Crippen LogP contribution in [0.1, 0.15) is 12.8 Å². The lowest BCUT2D eigenvalue weighted by atomic mass is 10.3. The van der Waals surface area contributed by atoms with Gasteiger partial charge in [-0.3, -0.25) is 10.1 Å². The van der Waals surface area contributed by atoms with Crippen molar-refractivity contribution < 1.29 is 13.3 Å². The highest BCUT2D eigenvalue weighted by molar-refractivity contribution is 7.89. The van der Waals surface area contributed by atoms with Crippen molar-refractivity contribution in [3.63, 3.8) is 0 Å². The molecule has 0 atom stereocenters. The van der Waals surface area contributed by atoms with Crippen molar-refractivity contribution >= 4 is 27.3 Å². The lowest BCUT2D eigenvalue weighted by Crippen LogP contribution is -2.39. The molecule has 0 aliphatic heterocycles. The Morgan fingerprint density at radius 3 is 2.63 bits per heavy atom. The van der Waals surface area contributed by atoms with Gasteiger partial charge in [-0.25, -0.2) is 13.1 Å². The number of hydrogen-bond donors (Lipinski definition) is 2. The molecule has 2 rings (SSSR count). The van der Waals surface area contributed by atoms with E-state index in [1.807, 2.05) is 0 Å². The molecule has 3 N–H and O–H groups in total. The zero-order valence-corrected chi connectivity index (χ0v) is 11.4. The fourth-order valence-corrected chi connectivity index (χ4v) is 2.97. The van der Waals surface area contributed by atoms with Crippen LogP contribution in [0, 0.1) is 10.1 Å². The highest BCUT2D eigenvalue weighted by Crippen LogP contribution is 2.32. The van der Waals surface area contributed by atoms with E-state index in [2.05, 4.69) is 4.72 Å². The Hall–Kier alpha value is -1.22. The number of halogens is 1. The molecule has 0 saturated heterocycles. The van der Waals surface area contributed by atoms with Crippen LogP contribution in [0.3, 0.4) is 0 Å². The minimum atomic E-state index is -3.98. The molecular formula is C10H12ClN3O4S. The third-order valence-corrected chi connectivity index (χ3v) is 4.60. The van der Waals surface area contributed by atoms with Gasteiger partial charge in [-0.2, -0.15) is 0 Å². The number of nitro benzene ring substituents is 1. The molecule has 0 heterocycles. The van der Waals surface area contributed by atoms with Crippen LogP contribution in [0.4, 0.5) is 5.69 Å². The second-order valence-electron chi connectivity index (χ2n) is 4.56. The standard InChI is InChI=1S/C10H12ClN3O4S/c11-7-1-2-9(8(5-7)14(15)16)19(17,18)13-6-10(12)3-4-10/h1-2,5,13H,3-4,6,12H2. The van der Waals surface area contributed by atoms with E-state index in [0.29, 0.717) is 0 Å². The number of rotatable bonds is 5. The zero-order valence-electron chi connectivity index (χ0n) is 9.80. The molecule has 1 fully saturated rings. The van der Waals surface area contributed by atoms with Gasteiger partial charge in [0.05, 0.1) is 4.92 Å². The van der Waals surface area contributed by atoms with Crippen LogP contribution in [0.5, 0.6) is 0 Å². The van der Waals surface area contributed by atoms with Crippen molar-refractivity contribution in [2.75, 3.05) is 6.54 Å². The first-order valence-corrected chi connectivity index (χ1v) is 7.32. The molecule has 7 nitrogen and oxygen atoms in total. The number of nitrogens with one attached hydrogen (secondary N) is 1. The van der Waals surface area contributed by atoms with E-state index < -0.39 is 31.1 Å². The van der Waals surface area contributed by atoms with E-state index in [1.54, 1.807) is 0 Å². The molecule has 1 aliphatic carbocycles. The molecule has 0 amide bonds. The van der Waals surface area contributed by atoms with E-state index in [1.165, 1.54) is 6.07 Å². The Morgan fingerprint density at radius 2 is 2.11 bits per heavy atom. The minimum Gasteiger partial charge on any atom is -0.324 e. The van der Waals surface area contributed by atoms with Crippen LogP contribution in [0.2, 0.25) is 5.02 Å². The third kappa shape index (κ3) is 3.21. The Morgan fingerprint density at radius 1 is 1.47 bits per heavy atom. The van der Waals surface area contributed by atoms with E-state index in [0.717, 1.165) is 25.0 Å². The van der Waals surface area contributed by atoms with E-state index in [9.17, 15) is 18.5 Å². The highest BCUT2D eigenvalue weighted by Gasteiger charge is 2.39. The summed E-state index contributed by atoms with van der Waals surface area (Å²) < 4.78 is 26.4. The van der Waals surface area contributed by atoms with Crippen molar-refractivity contribution in [3.05, 3.63) is 33.3 Å². The SMILES string of the molecule is NC1(CNS(=O)(=O)c2ccc(Cl)cc2[N+](=O)[O-])CC1. The number of nitrogens with two attached hydrogens (primary N) is 1. The maximum atomic E-state index is 12.0. The van der Waals surface area contributed by atoms with Crippen molar-refractivity contribution in [1.82, 2.24) is 4.72 Å². The predicted octanol–water partition coefficient (Wildman–Crippen LogP) is 1.02. The maximum Gasteiger partial charge on any atom is 0.290 e. The molecule has 0 aromatic heterocycles. The summed E-state index contributed by atoms with van der Waals surface area (Å²) in [4.78, 5) is 9.67. The summed E-state index contributed by atoms with van der Waals surface area (Å²) in [5.74, 6) is 0. The van der Waals surface area contributed by atoms with Gasteiger partial charge in [-0.1, -0.05) is 11.6 Å². The largest absolute Gasteiger partial charge is 0.324 e. The Bertz CT molecular complexity index is 628. The molecule has 1 saturated carbocycles. The number of hydrogen-bond acceptors (Lipinski definition) is 5. The number of nitrogens with zero attached hydrogens (tertiary/aromatic N) is 1. The number of benzene rings is 1. The minimum absolute atomic E-state index is 0.0646. The molecule has 1 aromatic rings. The van der Waals surface area contributed by atoms with Crippen LogP contribution < -0.4 is 10.5 Å². The van der Waals surface area contributed by atoms with Crippen molar-refractivity contribution in [1.29, 1.82) is 0 Å². The summed E-state index contributed by atoms with van der Waals surface area (Å²) >= 11 is 5.63. The van der Waals surface area contributed by atoms with Crippen LogP contribution in [0.15, 0.2) is 23.1 Å². The summed E-state index contributed by atoms with van der Waals surface area (Å²) in [6.07, 6.45) is 1.47. The molecule has 0 bridgehead atoms. The van der Waals surface area contributed by atoms with Crippen LogP contribution in [-0.2, 0) is 10.0 Å². The molecule has 9 heteroatoms. The molecule has 19 heavy (non-hydrogen) atoms. The summed E-state index contributed by atoms with van der Waals surface area (Å²) in [6, 6.07) is 3.41. The molecule has 0 unspecified atom stereocenters. The van der Waals surface area contributed by atoms with Gasteiger partial charge in [0.1, 0.15) is 0 Å². The maximum absolute atomic E-state index is 12.0. The number of sulfonamides is 1. The van der Waals surface area contributed by atoms with Crippen molar-refractivity contribution in [2.24, 2.45) is 5.73 Å². The number of nitro groups is 1. The van der Waals surface area contributed by atoms with Gasteiger partial charge in [-0.15, -0.1) is 0 Å². The second-order valence-corrected chi connectivity index (χ2v) is 6.73. The monoisotopic (exact) mass is 305 g/mol. The Labute approximate surface area is 114 Å². The average molecular weight is 306 g/mol. The quantitative estimate of drug-likeness (QED) is 0.622. The normalized spacial score (nSPS) is 17.2. The van der Waals surface area contributed by atoms with E-state index in [-0.39, 0.29) is 11.6 Å². The van der Waals surface area contributed by atoms with Crippen LogP contribution in [-0.4, -0.2) is 25.4 Å². The summed E-state index contributed by atoms with van der Waals surface area (Å²) in [5, 5.41) is 11.0. The Kier molecular flexibility index (Phi) is 3.52. The fourth-order valence-electron chi connectivity index (χ4n) is 1.51. The highest BCUT2D eigenvalue weighted by atomic mass is 35.5. The predicted molar refractivity (Wildman–Crippen MR) is 69.4 cm³/mol. The van der Waals surface area contributed by atoms with Gasteiger partial charge in [-0.05, 0) is 25.0 Å². The summed E-state index contributed by atoms with van der Waals surface area (Å²) in [7, 11) is -3.98. The van der Waals surface area contributed by atoms with E-state index in [4.69, 9.17) is 17.3 Å². The first-order chi connectivity index (χ1) is 8.73. The Balaban J connectivity index is 2.31. The van der Waals surface area contributed by atoms with Gasteiger partial charge in [0.2, 0.25) is 10.0 Å². The lowest BCUT2D eigenvalue weighted by Gasteiger charge is -2.11. The molecule has 104 valence electrons. The van der Waals surface area contributed by atoms with Crippen LogP contribution in [0.25, 0.3) is 0 Å². The van der Waals surface area contributed by atoms with Gasteiger partial charge in [0, 0.05) is 23.2 Å². The fraction of sp³-hybridized carbons (Fsp3) is 0.400. The van der Waals surface area contributed by atoms with Crippen molar-refractivity contribution in [3.8, 4) is 0 Å². The molecule has 1 aliphatic rings. The topological polar surface area (TPSA) is 115 Å². The van der Waals surface area contributed by atoms with Gasteiger partial charge >= 0.3 is 0 Å². The summed E-state index contributed by atoms with van der Waals surface area (Å²) in [6.45, 7) is 0.0646. The second kappa shape index (κ2) is 4.71. The molecule has 0 spiro atoms. The first kappa shape index (κ1) is 14.2. The van der Waals surface area contributed by atoms with E-state index >= 15 is 0 Å². The smallest absolute Gasteiger partial charge is 0.290 e. The zero-order chi connectivity index (χ0) is 14.3.